The zero-order valence-electron chi connectivity index (χ0n) is 14.5. The number of aromatic nitrogens is 1. The van der Waals surface area contributed by atoms with Crippen LogP contribution in [0.4, 0.5) is 0 Å². The van der Waals surface area contributed by atoms with Gasteiger partial charge in [-0.1, -0.05) is 18.2 Å². The Morgan fingerprint density at radius 3 is 2.67 bits per heavy atom. The van der Waals surface area contributed by atoms with Gasteiger partial charge >= 0.3 is 0 Å². The fourth-order valence-electron chi connectivity index (χ4n) is 2.07. The second-order valence-electron chi connectivity index (χ2n) is 5.35. The van der Waals surface area contributed by atoms with Crippen LogP contribution >= 0.6 is 35.3 Å². The Kier molecular flexibility index (Phi) is 9.05. The van der Waals surface area contributed by atoms with Crippen LogP contribution in [0.15, 0.2) is 35.5 Å². The van der Waals surface area contributed by atoms with Gasteiger partial charge in [0.15, 0.2) is 5.96 Å². The van der Waals surface area contributed by atoms with E-state index in [0.717, 1.165) is 28.8 Å². The number of ether oxygens (including phenoxy) is 1. The number of halogens is 1. The second kappa shape index (κ2) is 10.5. The van der Waals surface area contributed by atoms with Crippen molar-refractivity contribution in [3.63, 3.8) is 0 Å². The van der Waals surface area contributed by atoms with E-state index in [1.54, 1.807) is 18.4 Å². The lowest BCUT2D eigenvalue weighted by Gasteiger charge is -2.18. The molecule has 2 N–H and O–H groups in total. The number of thiazole rings is 1. The molecule has 2 aromatic rings. The molecule has 0 fully saturated rings. The van der Waals surface area contributed by atoms with Gasteiger partial charge in [-0.25, -0.2) is 4.98 Å². The summed E-state index contributed by atoms with van der Waals surface area (Å²) in [6.07, 6.45) is 1.93. The summed E-state index contributed by atoms with van der Waals surface area (Å²) in [5, 5.41) is 7.64. The van der Waals surface area contributed by atoms with Crippen molar-refractivity contribution < 1.29 is 4.74 Å². The summed E-state index contributed by atoms with van der Waals surface area (Å²) in [4.78, 5) is 9.67. The van der Waals surface area contributed by atoms with Crippen molar-refractivity contribution >= 4 is 41.3 Å². The van der Waals surface area contributed by atoms with Crippen LogP contribution in [0.2, 0.25) is 0 Å². The average Bonchev–Trinajstić information content (AvgIpc) is 2.95. The molecule has 0 aliphatic rings. The summed E-state index contributed by atoms with van der Waals surface area (Å²) in [6, 6.07) is 8.04. The van der Waals surface area contributed by atoms with Crippen molar-refractivity contribution in [2.24, 2.45) is 4.99 Å². The number of hydrogen-bond acceptors (Lipinski definition) is 4. The lowest BCUT2D eigenvalue weighted by molar-refractivity contribution is 0.222. The number of guanidine groups is 1. The molecule has 2 rings (SSSR count). The van der Waals surface area contributed by atoms with Crippen molar-refractivity contribution in [2.45, 2.75) is 33.4 Å². The van der Waals surface area contributed by atoms with Crippen molar-refractivity contribution in [1.29, 1.82) is 0 Å². The van der Waals surface area contributed by atoms with Gasteiger partial charge in [-0.05, 0) is 32.4 Å². The van der Waals surface area contributed by atoms with Crippen molar-refractivity contribution in [2.75, 3.05) is 13.6 Å². The first-order valence-electron chi connectivity index (χ1n) is 7.66. The van der Waals surface area contributed by atoms with E-state index in [2.05, 4.69) is 20.6 Å². The molecule has 7 heteroatoms. The standard InChI is InChI=1S/C17H24N4OS.HI/c1-12-7-5-6-8-16(12)22-13(2)9-20-17(18-4)21-11-15-10-19-14(3)23-15;/h5-8,10,13H,9,11H2,1-4H3,(H2,18,20,21);1H. The normalized spacial score (nSPS) is 12.2. The van der Waals surface area contributed by atoms with Crippen LogP contribution in [-0.2, 0) is 6.54 Å². The highest BCUT2D eigenvalue weighted by atomic mass is 127. The Morgan fingerprint density at radius 2 is 2.04 bits per heavy atom. The average molecular weight is 460 g/mol. The van der Waals surface area contributed by atoms with Crippen LogP contribution in [0, 0.1) is 13.8 Å². The molecule has 24 heavy (non-hydrogen) atoms. The molecule has 1 aromatic carbocycles. The first-order valence-corrected chi connectivity index (χ1v) is 8.48. The second-order valence-corrected chi connectivity index (χ2v) is 6.67. The van der Waals surface area contributed by atoms with Gasteiger partial charge in [0.25, 0.3) is 0 Å². The summed E-state index contributed by atoms with van der Waals surface area (Å²) >= 11 is 1.69. The van der Waals surface area contributed by atoms with Crippen LogP contribution in [-0.4, -0.2) is 30.6 Å². The minimum absolute atomic E-state index is 0. The zero-order chi connectivity index (χ0) is 16.7. The smallest absolute Gasteiger partial charge is 0.191 e. The van der Waals surface area contributed by atoms with Gasteiger partial charge in [-0.3, -0.25) is 4.99 Å². The van der Waals surface area contributed by atoms with Gasteiger partial charge in [0.05, 0.1) is 18.1 Å². The lowest BCUT2D eigenvalue weighted by atomic mass is 10.2. The maximum Gasteiger partial charge on any atom is 0.191 e. The van der Waals surface area contributed by atoms with Crippen LogP contribution < -0.4 is 15.4 Å². The van der Waals surface area contributed by atoms with Gasteiger partial charge in [0.1, 0.15) is 11.9 Å². The highest BCUT2D eigenvalue weighted by molar-refractivity contribution is 14.0. The molecule has 1 aromatic heterocycles. The first kappa shape index (κ1) is 20.7. The number of aliphatic imine (C=N–C) groups is 1. The monoisotopic (exact) mass is 460 g/mol. The van der Waals surface area contributed by atoms with E-state index in [4.69, 9.17) is 4.74 Å². The molecule has 1 unspecified atom stereocenters. The van der Waals surface area contributed by atoms with Crippen LogP contribution in [0.3, 0.4) is 0 Å². The maximum atomic E-state index is 5.95. The predicted molar refractivity (Wildman–Crippen MR) is 112 cm³/mol. The zero-order valence-corrected chi connectivity index (χ0v) is 17.6. The third-order valence-electron chi connectivity index (χ3n) is 3.30. The third kappa shape index (κ3) is 6.64. The predicted octanol–water partition coefficient (Wildman–Crippen LogP) is 3.51. The lowest BCUT2D eigenvalue weighted by Crippen LogP contribution is -2.41. The number of rotatable bonds is 6. The molecule has 0 aliphatic carbocycles. The summed E-state index contributed by atoms with van der Waals surface area (Å²) in [5.74, 6) is 1.68. The Morgan fingerprint density at radius 1 is 1.29 bits per heavy atom. The molecule has 0 radical (unpaired) electrons. The summed E-state index contributed by atoms with van der Waals surface area (Å²) in [6.45, 7) is 7.49. The molecule has 0 amide bonds. The van der Waals surface area contributed by atoms with E-state index in [0.29, 0.717) is 6.54 Å². The van der Waals surface area contributed by atoms with Gasteiger partial charge in [-0.15, -0.1) is 35.3 Å². The summed E-state index contributed by atoms with van der Waals surface area (Å²) < 4.78 is 5.95. The molecule has 0 bridgehead atoms. The quantitative estimate of drug-likeness (QED) is 0.394. The largest absolute Gasteiger partial charge is 0.489 e. The van der Waals surface area contributed by atoms with Gasteiger partial charge < -0.3 is 15.4 Å². The fourth-order valence-corrected chi connectivity index (χ4v) is 2.80. The van der Waals surface area contributed by atoms with E-state index >= 15 is 0 Å². The van der Waals surface area contributed by atoms with Crippen molar-refractivity contribution in [1.82, 2.24) is 15.6 Å². The molecular weight excluding hydrogens is 435 g/mol. The molecule has 0 aliphatic heterocycles. The number of nitrogens with zero attached hydrogens (tertiary/aromatic N) is 2. The number of benzene rings is 1. The van der Waals surface area contributed by atoms with Gasteiger partial charge in [-0.2, -0.15) is 0 Å². The SMILES string of the molecule is CN=C(NCc1cnc(C)s1)NCC(C)Oc1ccccc1C.I. The Bertz CT molecular complexity index is 660. The Labute approximate surface area is 165 Å². The molecule has 0 saturated heterocycles. The number of hydrogen-bond donors (Lipinski definition) is 2. The maximum absolute atomic E-state index is 5.95. The summed E-state index contributed by atoms with van der Waals surface area (Å²) in [5.41, 5.74) is 1.14. The third-order valence-corrected chi connectivity index (χ3v) is 4.21. The molecule has 0 spiro atoms. The van der Waals surface area contributed by atoms with Gasteiger partial charge in [0, 0.05) is 18.1 Å². The first-order chi connectivity index (χ1) is 11.1. The minimum atomic E-state index is 0. The minimum Gasteiger partial charge on any atom is -0.489 e. The molecular formula is C17H25IN4OS. The molecule has 0 saturated carbocycles. The van der Waals surface area contributed by atoms with Crippen LogP contribution in [0.5, 0.6) is 5.75 Å². The van der Waals surface area contributed by atoms with E-state index in [1.165, 1.54) is 4.88 Å². The van der Waals surface area contributed by atoms with E-state index in [1.807, 2.05) is 51.2 Å². The van der Waals surface area contributed by atoms with E-state index in [-0.39, 0.29) is 30.1 Å². The highest BCUT2D eigenvalue weighted by Crippen LogP contribution is 2.17. The number of nitrogens with one attached hydrogen (secondary N) is 2. The number of aryl methyl sites for hydroxylation is 2. The number of para-hydroxylation sites is 1. The summed E-state index contributed by atoms with van der Waals surface area (Å²) in [7, 11) is 1.76. The molecule has 1 atom stereocenters. The highest BCUT2D eigenvalue weighted by Gasteiger charge is 2.07. The molecule has 132 valence electrons. The topological polar surface area (TPSA) is 58.5 Å². The Hall–Kier alpha value is -1.35. The van der Waals surface area contributed by atoms with Crippen LogP contribution in [0.25, 0.3) is 0 Å². The van der Waals surface area contributed by atoms with Gasteiger partial charge in [0.2, 0.25) is 0 Å². The van der Waals surface area contributed by atoms with E-state index in [9.17, 15) is 0 Å². The molecule has 5 nitrogen and oxygen atoms in total. The van der Waals surface area contributed by atoms with Crippen molar-refractivity contribution in [3.05, 3.63) is 45.9 Å². The van der Waals surface area contributed by atoms with Crippen molar-refractivity contribution in [3.8, 4) is 5.75 Å². The molecule has 1 heterocycles. The fraction of sp³-hybridized carbons (Fsp3) is 0.412. The van der Waals surface area contributed by atoms with E-state index < -0.39 is 0 Å². The Balaban J connectivity index is 0.00000288. The van der Waals surface area contributed by atoms with Crippen LogP contribution in [0.1, 0.15) is 22.4 Å².